The van der Waals surface area contributed by atoms with Gasteiger partial charge in [0.1, 0.15) is 5.75 Å². The van der Waals surface area contributed by atoms with Gasteiger partial charge in [-0.15, -0.1) is 0 Å². The number of benzene rings is 1. The molecule has 2 aromatic rings. The van der Waals surface area contributed by atoms with E-state index in [4.69, 9.17) is 4.74 Å². The zero-order valence-electron chi connectivity index (χ0n) is 15.0. The predicted octanol–water partition coefficient (Wildman–Crippen LogP) is 3.28. The molecule has 0 unspecified atom stereocenters. The van der Waals surface area contributed by atoms with Crippen LogP contribution in [-0.4, -0.2) is 36.1 Å². The first-order valence-corrected chi connectivity index (χ1v) is 8.61. The molecule has 3 rings (SSSR count). The first-order valence-electron chi connectivity index (χ1n) is 8.61. The smallest absolute Gasteiger partial charge is 0.259 e. The predicted molar refractivity (Wildman–Crippen MR) is 98.3 cm³/mol. The first kappa shape index (κ1) is 17.2. The van der Waals surface area contributed by atoms with Gasteiger partial charge in [0.05, 0.1) is 18.4 Å². The van der Waals surface area contributed by atoms with Gasteiger partial charge in [-0.3, -0.25) is 4.79 Å². The summed E-state index contributed by atoms with van der Waals surface area (Å²) in [5.74, 6) is 1.94. The van der Waals surface area contributed by atoms with Crippen LogP contribution in [0.4, 0.5) is 11.6 Å². The average molecular weight is 340 g/mol. The molecular formula is C19H24N4O2. The summed E-state index contributed by atoms with van der Waals surface area (Å²) in [7, 11) is 1.60. The number of nitrogens with zero attached hydrogens (tertiary/aromatic N) is 3. The van der Waals surface area contributed by atoms with Crippen LogP contribution in [0.25, 0.3) is 0 Å². The van der Waals surface area contributed by atoms with Crippen molar-refractivity contribution in [1.82, 2.24) is 9.97 Å². The molecule has 25 heavy (non-hydrogen) atoms. The van der Waals surface area contributed by atoms with Crippen LogP contribution in [0.3, 0.4) is 0 Å². The van der Waals surface area contributed by atoms with Gasteiger partial charge in [-0.2, -0.15) is 0 Å². The number of carbonyl (C=O) groups excluding carboxylic acids is 1. The molecule has 0 spiro atoms. The number of rotatable bonds is 4. The fourth-order valence-electron chi connectivity index (χ4n) is 2.94. The minimum absolute atomic E-state index is 0.218. The van der Waals surface area contributed by atoms with E-state index in [1.165, 1.54) is 0 Å². The lowest BCUT2D eigenvalue weighted by atomic mass is 10.00. The highest BCUT2D eigenvalue weighted by Crippen LogP contribution is 2.21. The molecule has 1 aromatic carbocycles. The Hall–Kier alpha value is -2.63. The van der Waals surface area contributed by atoms with Gasteiger partial charge in [-0.25, -0.2) is 9.97 Å². The van der Waals surface area contributed by atoms with Crippen molar-refractivity contribution in [2.24, 2.45) is 5.92 Å². The van der Waals surface area contributed by atoms with Crippen LogP contribution in [0, 0.1) is 12.8 Å². The van der Waals surface area contributed by atoms with Crippen LogP contribution in [0.1, 0.15) is 35.8 Å². The number of methoxy groups -OCH3 is 1. The molecule has 6 heteroatoms. The summed E-state index contributed by atoms with van der Waals surface area (Å²) < 4.78 is 5.17. The minimum atomic E-state index is -0.218. The number of aryl methyl sites for hydroxylation is 1. The largest absolute Gasteiger partial charge is 0.497 e. The summed E-state index contributed by atoms with van der Waals surface area (Å²) in [4.78, 5) is 23.7. The van der Waals surface area contributed by atoms with Crippen molar-refractivity contribution >= 4 is 17.5 Å². The van der Waals surface area contributed by atoms with Crippen molar-refractivity contribution < 1.29 is 9.53 Å². The maximum Gasteiger partial charge on any atom is 0.259 e. The molecule has 1 fully saturated rings. The zero-order valence-corrected chi connectivity index (χ0v) is 15.0. The number of carbonyl (C=O) groups is 1. The lowest BCUT2D eigenvalue weighted by Crippen LogP contribution is -2.34. The van der Waals surface area contributed by atoms with E-state index in [1.54, 1.807) is 19.4 Å². The molecule has 132 valence electrons. The van der Waals surface area contributed by atoms with Crippen LogP contribution in [0.2, 0.25) is 0 Å². The van der Waals surface area contributed by atoms with Gasteiger partial charge < -0.3 is 15.0 Å². The fourth-order valence-corrected chi connectivity index (χ4v) is 2.94. The van der Waals surface area contributed by atoms with E-state index in [0.29, 0.717) is 28.6 Å². The van der Waals surface area contributed by atoms with Crippen molar-refractivity contribution in [2.45, 2.75) is 26.7 Å². The van der Waals surface area contributed by atoms with Gasteiger partial charge in [0, 0.05) is 31.0 Å². The molecule has 0 radical (unpaired) electrons. The van der Waals surface area contributed by atoms with Gasteiger partial charge in [0.2, 0.25) is 5.95 Å². The number of piperidine rings is 1. The van der Waals surface area contributed by atoms with E-state index in [2.05, 4.69) is 27.1 Å². The third-order valence-electron chi connectivity index (χ3n) is 4.61. The molecule has 1 N–H and O–H groups in total. The number of aromatic nitrogens is 2. The Morgan fingerprint density at radius 1 is 1.32 bits per heavy atom. The average Bonchev–Trinajstić information content (AvgIpc) is 2.62. The lowest BCUT2D eigenvalue weighted by molar-refractivity contribution is 0.102. The molecule has 0 atom stereocenters. The van der Waals surface area contributed by atoms with Crippen molar-refractivity contribution in [2.75, 3.05) is 30.4 Å². The molecule has 0 aliphatic carbocycles. The maximum absolute atomic E-state index is 12.5. The SMILES string of the molecule is COc1cccc(NC(=O)c2cnc(N3CCC(C)CC3)nc2C)c1. The second-order valence-electron chi connectivity index (χ2n) is 6.52. The summed E-state index contributed by atoms with van der Waals surface area (Å²) in [6, 6.07) is 7.26. The molecule has 2 heterocycles. The van der Waals surface area contributed by atoms with E-state index in [0.717, 1.165) is 31.8 Å². The summed E-state index contributed by atoms with van der Waals surface area (Å²) >= 11 is 0. The number of hydrogen-bond acceptors (Lipinski definition) is 5. The Bertz CT molecular complexity index is 755. The normalized spacial score (nSPS) is 15.1. The summed E-state index contributed by atoms with van der Waals surface area (Å²) in [5.41, 5.74) is 1.85. The van der Waals surface area contributed by atoms with Gasteiger partial charge in [0.25, 0.3) is 5.91 Å². The Balaban J connectivity index is 1.72. The van der Waals surface area contributed by atoms with Gasteiger partial charge >= 0.3 is 0 Å². The Labute approximate surface area is 148 Å². The molecule has 6 nitrogen and oxygen atoms in total. The third kappa shape index (κ3) is 4.07. The van der Waals surface area contributed by atoms with Gasteiger partial charge in [0.15, 0.2) is 0 Å². The molecule has 1 saturated heterocycles. The molecule has 0 bridgehead atoms. The Morgan fingerprint density at radius 2 is 2.08 bits per heavy atom. The van der Waals surface area contributed by atoms with Crippen molar-refractivity contribution in [3.05, 3.63) is 41.7 Å². The molecular weight excluding hydrogens is 316 g/mol. The maximum atomic E-state index is 12.5. The van der Waals surface area contributed by atoms with Gasteiger partial charge in [-0.1, -0.05) is 13.0 Å². The van der Waals surface area contributed by atoms with Crippen molar-refractivity contribution in [3.63, 3.8) is 0 Å². The minimum Gasteiger partial charge on any atom is -0.497 e. The van der Waals surface area contributed by atoms with Crippen LogP contribution >= 0.6 is 0 Å². The quantitative estimate of drug-likeness (QED) is 0.925. The molecule has 1 aliphatic rings. The highest BCUT2D eigenvalue weighted by Gasteiger charge is 2.20. The molecule has 1 aromatic heterocycles. The number of amides is 1. The first-order chi connectivity index (χ1) is 12.1. The summed E-state index contributed by atoms with van der Waals surface area (Å²) in [5, 5.41) is 2.87. The van der Waals surface area contributed by atoms with Crippen LogP contribution in [-0.2, 0) is 0 Å². The van der Waals surface area contributed by atoms with Crippen LogP contribution < -0.4 is 15.0 Å². The van der Waals surface area contributed by atoms with E-state index < -0.39 is 0 Å². The molecule has 1 amide bonds. The topological polar surface area (TPSA) is 67.3 Å². The number of hydrogen-bond donors (Lipinski definition) is 1. The van der Waals surface area contributed by atoms with Crippen LogP contribution in [0.5, 0.6) is 5.75 Å². The zero-order chi connectivity index (χ0) is 17.8. The van der Waals surface area contributed by atoms with E-state index in [9.17, 15) is 4.79 Å². The highest BCUT2D eigenvalue weighted by atomic mass is 16.5. The summed E-state index contributed by atoms with van der Waals surface area (Å²) in [6.07, 6.45) is 3.92. The van der Waals surface area contributed by atoms with E-state index in [-0.39, 0.29) is 5.91 Å². The van der Waals surface area contributed by atoms with Crippen LogP contribution in [0.15, 0.2) is 30.5 Å². The Morgan fingerprint density at radius 3 is 2.76 bits per heavy atom. The Kier molecular flexibility index (Phi) is 5.16. The highest BCUT2D eigenvalue weighted by molar-refractivity contribution is 6.04. The van der Waals surface area contributed by atoms with E-state index in [1.807, 2.05) is 25.1 Å². The third-order valence-corrected chi connectivity index (χ3v) is 4.61. The number of ether oxygens (including phenoxy) is 1. The van der Waals surface area contributed by atoms with Crippen molar-refractivity contribution in [1.29, 1.82) is 0 Å². The summed E-state index contributed by atoms with van der Waals surface area (Å²) in [6.45, 7) is 6.06. The second kappa shape index (κ2) is 7.51. The number of nitrogens with one attached hydrogen (secondary N) is 1. The lowest BCUT2D eigenvalue weighted by Gasteiger charge is -2.30. The van der Waals surface area contributed by atoms with Gasteiger partial charge in [-0.05, 0) is 37.8 Å². The fraction of sp³-hybridized carbons (Fsp3) is 0.421. The van der Waals surface area contributed by atoms with Crippen molar-refractivity contribution in [3.8, 4) is 5.75 Å². The number of anilines is 2. The van der Waals surface area contributed by atoms with E-state index >= 15 is 0 Å². The monoisotopic (exact) mass is 340 g/mol. The molecule has 1 aliphatic heterocycles. The standard InChI is InChI=1S/C19H24N4O2/c1-13-7-9-23(10-8-13)19-20-12-17(14(2)21-19)18(24)22-15-5-4-6-16(11-15)25-3/h4-6,11-13H,7-10H2,1-3H3,(H,22,24). The molecule has 0 saturated carbocycles. The second-order valence-corrected chi connectivity index (χ2v) is 6.52.